The molecule has 0 nitrogen and oxygen atoms in total. The molecule has 0 saturated heterocycles. The monoisotopic (exact) mass is 406 g/mol. The predicted octanol–water partition coefficient (Wildman–Crippen LogP) is 9.45. The Morgan fingerprint density at radius 2 is 0.733 bits per heavy atom. The van der Waals surface area contributed by atoms with Crippen LogP contribution < -0.4 is 0 Å². The maximum Gasteiger partial charge on any atom is 0.0246 e. The molecule has 0 spiro atoms. The van der Waals surface area contributed by atoms with Gasteiger partial charge in [-0.15, -0.1) is 0 Å². The summed E-state index contributed by atoms with van der Waals surface area (Å²) >= 11 is 0. The van der Waals surface area contributed by atoms with Gasteiger partial charge in [0.25, 0.3) is 0 Å². The molecule has 0 amide bonds. The van der Waals surface area contributed by atoms with Crippen molar-refractivity contribution in [3.05, 3.63) is 35.4 Å². The van der Waals surface area contributed by atoms with Gasteiger partial charge in [0.15, 0.2) is 0 Å². The Labute approximate surface area is 188 Å². The van der Waals surface area contributed by atoms with Crippen molar-refractivity contribution in [2.75, 3.05) is 0 Å². The molecule has 0 atom stereocenters. The molecule has 1 rings (SSSR count). The van der Waals surface area contributed by atoms with Crippen molar-refractivity contribution in [2.24, 2.45) is 0 Å². The van der Waals surface area contributed by atoms with Gasteiger partial charge in [-0.2, -0.15) is 0 Å². The summed E-state index contributed by atoms with van der Waals surface area (Å²) in [5.41, 5.74) is 2.23. The van der Waals surface area contributed by atoms with Crippen LogP contribution in [0.15, 0.2) is 24.3 Å². The molecule has 0 bridgehead atoms. The highest BCUT2D eigenvalue weighted by molar-refractivity contribution is 5.41. The number of rotatable bonds is 16. The topological polar surface area (TPSA) is 0 Å². The highest BCUT2D eigenvalue weighted by atomic mass is 14.0. The fourth-order valence-electron chi connectivity index (χ4n) is 3.66. The van der Waals surface area contributed by atoms with Crippen molar-refractivity contribution in [2.45, 2.75) is 129 Å². The van der Waals surface area contributed by atoms with E-state index < -0.39 is 0 Å². The number of unbranched alkanes of at least 4 members (excludes halogenated alkanes) is 16. The predicted molar refractivity (Wildman–Crippen MR) is 135 cm³/mol. The van der Waals surface area contributed by atoms with Crippen molar-refractivity contribution in [3.63, 3.8) is 0 Å². The molecule has 166 valence electrons. The van der Waals surface area contributed by atoms with Crippen LogP contribution >= 0.6 is 0 Å². The van der Waals surface area contributed by atoms with E-state index in [1.54, 1.807) is 0 Å². The molecule has 0 unspecified atom stereocenters. The third-order valence-electron chi connectivity index (χ3n) is 5.66. The molecule has 0 aliphatic carbocycles. The van der Waals surface area contributed by atoms with Gasteiger partial charge in [0.05, 0.1) is 0 Å². The van der Waals surface area contributed by atoms with Crippen LogP contribution in [0.5, 0.6) is 0 Å². The van der Waals surface area contributed by atoms with Crippen LogP contribution in [-0.4, -0.2) is 0 Å². The Balaban J connectivity index is 2.08. The minimum absolute atomic E-state index is 1.02. The molecule has 1 aromatic rings. The average Bonchev–Trinajstić information content (AvgIpc) is 2.77. The van der Waals surface area contributed by atoms with Crippen molar-refractivity contribution < 1.29 is 0 Å². The third kappa shape index (κ3) is 16.2. The van der Waals surface area contributed by atoms with Crippen LogP contribution in [0.2, 0.25) is 0 Å². The standard InChI is InChI=1S/C30H46/c1-3-5-7-9-11-13-15-17-19-21-23-29-25-27-30(28-26-29)24-22-20-18-16-14-12-10-8-6-4-2/h25-28H,3-20H2,1-2H3. The van der Waals surface area contributed by atoms with Crippen LogP contribution in [0.25, 0.3) is 0 Å². The lowest BCUT2D eigenvalue weighted by Gasteiger charge is -1.99. The minimum atomic E-state index is 1.02. The van der Waals surface area contributed by atoms with Gasteiger partial charge < -0.3 is 0 Å². The Kier molecular flexibility index (Phi) is 18.1. The minimum Gasteiger partial charge on any atom is -0.0979 e. The molecule has 0 N–H and O–H groups in total. The van der Waals surface area contributed by atoms with Gasteiger partial charge in [-0.3, -0.25) is 0 Å². The molecule has 0 radical (unpaired) electrons. The highest BCUT2D eigenvalue weighted by Gasteiger charge is 1.92. The molecular weight excluding hydrogens is 360 g/mol. The van der Waals surface area contributed by atoms with Crippen LogP contribution in [0.1, 0.15) is 141 Å². The highest BCUT2D eigenvalue weighted by Crippen LogP contribution is 2.10. The Bertz CT molecular complexity index is 557. The molecule has 0 aliphatic heterocycles. The molecule has 0 heterocycles. The summed E-state index contributed by atoms with van der Waals surface area (Å²) in [5, 5.41) is 0. The van der Waals surface area contributed by atoms with Crippen molar-refractivity contribution >= 4 is 0 Å². The van der Waals surface area contributed by atoms with Crippen molar-refractivity contribution in [1.82, 2.24) is 0 Å². The summed E-state index contributed by atoms with van der Waals surface area (Å²) in [4.78, 5) is 0. The van der Waals surface area contributed by atoms with Gasteiger partial charge in [-0.25, -0.2) is 0 Å². The molecule has 0 heteroatoms. The van der Waals surface area contributed by atoms with E-state index in [2.05, 4.69) is 61.8 Å². The quantitative estimate of drug-likeness (QED) is 0.189. The Morgan fingerprint density at radius 1 is 0.433 bits per heavy atom. The molecule has 0 aromatic heterocycles. The maximum absolute atomic E-state index is 3.33. The second kappa shape index (κ2) is 20.6. The molecule has 30 heavy (non-hydrogen) atoms. The number of hydrogen-bond donors (Lipinski definition) is 0. The molecule has 0 aliphatic rings. The number of hydrogen-bond acceptors (Lipinski definition) is 0. The van der Waals surface area contributed by atoms with E-state index in [1.807, 2.05) is 0 Å². The third-order valence-corrected chi connectivity index (χ3v) is 5.66. The first-order chi connectivity index (χ1) is 14.9. The van der Waals surface area contributed by atoms with E-state index in [1.165, 1.54) is 103 Å². The van der Waals surface area contributed by atoms with Crippen LogP contribution in [0.3, 0.4) is 0 Å². The first-order valence-corrected chi connectivity index (χ1v) is 12.9. The van der Waals surface area contributed by atoms with Crippen LogP contribution in [0, 0.1) is 23.7 Å². The molecular formula is C30H46. The first-order valence-electron chi connectivity index (χ1n) is 12.9. The van der Waals surface area contributed by atoms with E-state index in [-0.39, 0.29) is 0 Å². The normalized spacial score (nSPS) is 10.2. The maximum atomic E-state index is 3.33. The first kappa shape index (κ1) is 26.4. The summed E-state index contributed by atoms with van der Waals surface area (Å²) in [5.74, 6) is 13.3. The molecule has 0 saturated carbocycles. The fourth-order valence-corrected chi connectivity index (χ4v) is 3.66. The summed E-state index contributed by atoms with van der Waals surface area (Å²) in [7, 11) is 0. The Hall–Kier alpha value is -1.66. The zero-order chi connectivity index (χ0) is 21.5. The largest absolute Gasteiger partial charge is 0.0979 e. The summed E-state index contributed by atoms with van der Waals surface area (Å²) in [6.45, 7) is 4.55. The number of benzene rings is 1. The van der Waals surface area contributed by atoms with Gasteiger partial charge in [-0.05, 0) is 37.1 Å². The van der Waals surface area contributed by atoms with Crippen molar-refractivity contribution in [1.29, 1.82) is 0 Å². The second-order valence-corrected chi connectivity index (χ2v) is 8.63. The van der Waals surface area contributed by atoms with E-state index in [0.29, 0.717) is 0 Å². The Morgan fingerprint density at radius 3 is 1.07 bits per heavy atom. The SMILES string of the molecule is CCCCCCCCCCC#Cc1ccc(C#CCCCCCCCCCC)cc1. The summed E-state index contributed by atoms with van der Waals surface area (Å²) < 4.78 is 0. The van der Waals surface area contributed by atoms with Gasteiger partial charge in [0.2, 0.25) is 0 Å². The lowest BCUT2D eigenvalue weighted by Crippen LogP contribution is -1.81. The fraction of sp³-hybridized carbons (Fsp3) is 0.667. The molecule has 0 fully saturated rings. The van der Waals surface area contributed by atoms with Gasteiger partial charge in [0, 0.05) is 24.0 Å². The van der Waals surface area contributed by atoms with Gasteiger partial charge in [0.1, 0.15) is 0 Å². The van der Waals surface area contributed by atoms with E-state index >= 15 is 0 Å². The second-order valence-electron chi connectivity index (χ2n) is 8.63. The van der Waals surface area contributed by atoms with Gasteiger partial charge in [-0.1, -0.05) is 127 Å². The molecule has 1 aromatic carbocycles. The van der Waals surface area contributed by atoms with E-state index in [4.69, 9.17) is 0 Å². The van der Waals surface area contributed by atoms with E-state index in [0.717, 1.165) is 24.0 Å². The van der Waals surface area contributed by atoms with Crippen molar-refractivity contribution in [3.8, 4) is 23.7 Å². The van der Waals surface area contributed by atoms with Gasteiger partial charge >= 0.3 is 0 Å². The average molecular weight is 407 g/mol. The smallest absolute Gasteiger partial charge is 0.0246 e. The zero-order valence-electron chi connectivity index (χ0n) is 20.0. The lowest BCUT2D eigenvalue weighted by atomic mass is 10.1. The lowest BCUT2D eigenvalue weighted by molar-refractivity contribution is 0.579. The van der Waals surface area contributed by atoms with E-state index in [9.17, 15) is 0 Å². The zero-order valence-corrected chi connectivity index (χ0v) is 20.0. The van der Waals surface area contributed by atoms with Crippen LogP contribution in [0.4, 0.5) is 0 Å². The summed E-state index contributed by atoms with van der Waals surface area (Å²) in [6, 6.07) is 8.45. The summed E-state index contributed by atoms with van der Waals surface area (Å²) in [6.07, 6.45) is 23.8. The van der Waals surface area contributed by atoms with Crippen LogP contribution in [-0.2, 0) is 0 Å².